The van der Waals surface area contributed by atoms with Crippen LogP contribution in [0.4, 0.5) is 0 Å². The standard InChI is InChI=1S/C8H17NO2S/c10-5-8(11)6-12-2-1-7-3-9-4-7/h7-11H,1-6H2. The van der Waals surface area contributed by atoms with Crippen molar-refractivity contribution in [2.24, 2.45) is 5.92 Å². The van der Waals surface area contributed by atoms with Crippen molar-refractivity contribution in [3.8, 4) is 0 Å². The first kappa shape index (κ1) is 10.3. The lowest BCUT2D eigenvalue weighted by Gasteiger charge is -2.26. The van der Waals surface area contributed by atoms with Gasteiger partial charge in [-0.3, -0.25) is 0 Å². The average Bonchev–Trinajstić information content (AvgIpc) is 2.00. The maximum Gasteiger partial charge on any atom is 0.0861 e. The third-order valence-corrected chi connectivity index (χ3v) is 3.20. The van der Waals surface area contributed by atoms with Crippen LogP contribution >= 0.6 is 11.8 Å². The molecule has 1 rings (SSSR count). The summed E-state index contributed by atoms with van der Waals surface area (Å²) < 4.78 is 0. The quantitative estimate of drug-likeness (QED) is 0.504. The Hall–Kier alpha value is 0.230. The molecule has 0 aliphatic carbocycles. The Morgan fingerprint density at radius 1 is 1.50 bits per heavy atom. The Balaban J connectivity index is 1.82. The number of hydrogen-bond acceptors (Lipinski definition) is 4. The predicted molar refractivity (Wildman–Crippen MR) is 51.4 cm³/mol. The summed E-state index contributed by atoms with van der Waals surface area (Å²) in [5.74, 6) is 2.61. The molecule has 0 aromatic rings. The SMILES string of the molecule is OCC(O)CSCCC1CNC1. The topological polar surface area (TPSA) is 52.5 Å². The molecule has 0 bridgehead atoms. The molecule has 1 aliphatic rings. The van der Waals surface area contributed by atoms with Gasteiger partial charge in [0.25, 0.3) is 0 Å². The van der Waals surface area contributed by atoms with Gasteiger partial charge in [-0.05, 0) is 31.2 Å². The van der Waals surface area contributed by atoms with Crippen molar-refractivity contribution in [2.45, 2.75) is 12.5 Å². The van der Waals surface area contributed by atoms with E-state index in [1.807, 2.05) is 0 Å². The van der Waals surface area contributed by atoms with Gasteiger partial charge in [0.05, 0.1) is 12.7 Å². The Morgan fingerprint density at radius 3 is 2.75 bits per heavy atom. The van der Waals surface area contributed by atoms with Gasteiger partial charge in [-0.15, -0.1) is 0 Å². The van der Waals surface area contributed by atoms with Crippen LogP contribution in [0.3, 0.4) is 0 Å². The van der Waals surface area contributed by atoms with E-state index >= 15 is 0 Å². The van der Waals surface area contributed by atoms with Crippen molar-refractivity contribution in [3.05, 3.63) is 0 Å². The Morgan fingerprint density at radius 2 is 2.25 bits per heavy atom. The van der Waals surface area contributed by atoms with Crippen molar-refractivity contribution in [3.63, 3.8) is 0 Å². The van der Waals surface area contributed by atoms with E-state index in [1.165, 1.54) is 6.42 Å². The molecule has 3 nitrogen and oxygen atoms in total. The zero-order valence-corrected chi connectivity index (χ0v) is 8.02. The number of hydrogen-bond donors (Lipinski definition) is 3. The van der Waals surface area contributed by atoms with Gasteiger partial charge >= 0.3 is 0 Å². The van der Waals surface area contributed by atoms with Crippen LogP contribution in [-0.4, -0.2) is 47.5 Å². The smallest absolute Gasteiger partial charge is 0.0861 e. The van der Waals surface area contributed by atoms with Crippen LogP contribution in [0.15, 0.2) is 0 Å². The second-order valence-corrected chi connectivity index (χ2v) is 4.37. The maximum atomic E-state index is 9.01. The zero-order valence-electron chi connectivity index (χ0n) is 7.20. The summed E-state index contributed by atoms with van der Waals surface area (Å²) in [6.07, 6.45) is 0.699. The summed E-state index contributed by atoms with van der Waals surface area (Å²) in [6, 6.07) is 0. The molecule has 3 N–H and O–H groups in total. The number of thioether (sulfide) groups is 1. The molecule has 0 spiro atoms. The van der Waals surface area contributed by atoms with Crippen LogP contribution in [0.2, 0.25) is 0 Å². The van der Waals surface area contributed by atoms with E-state index in [-0.39, 0.29) is 6.61 Å². The summed E-state index contributed by atoms with van der Waals surface area (Å²) in [5, 5.41) is 20.8. The molecule has 0 aromatic heterocycles. The normalized spacial score (nSPS) is 20.5. The van der Waals surface area contributed by atoms with E-state index < -0.39 is 6.10 Å². The highest BCUT2D eigenvalue weighted by Gasteiger charge is 2.15. The molecule has 0 aromatic carbocycles. The van der Waals surface area contributed by atoms with E-state index in [9.17, 15) is 0 Å². The van der Waals surface area contributed by atoms with Crippen LogP contribution in [0.25, 0.3) is 0 Å². The van der Waals surface area contributed by atoms with Crippen molar-refractivity contribution in [1.29, 1.82) is 0 Å². The molecule has 1 aliphatic heterocycles. The molecular weight excluding hydrogens is 174 g/mol. The van der Waals surface area contributed by atoms with Crippen LogP contribution in [0, 0.1) is 5.92 Å². The molecule has 12 heavy (non-hydrogen) atoms. The number of aliphatic hydroxyl groups excluding tert-OH is 2. The molecule has 1 heterocycles. The van der Waals surface area contributed by atoms with Crippen LogP contribution < -0.4 is 5.32 Å². The average molecular weight is 191 g/mol. The van der Waals surface area contributed by atoms with Crippen molar-refractivity contribution >= 4 is 11.8 Å². The van der Waals surface area contributed by atoms with Crippen LogP contribution in [-0.2, 0) is 0 Å². The van der Waals surface area contributed by atoms with Crippen molar-refractivity contribution < 1.29 is 10.2 Å². The molecule has 1 unspecified atom stereocenters. The summed E-state index contributed by atoms with van der Waals surface area (Å²) >= 11 is 1.73. The lowest BCUT2D eigenvalue weighted by molar-refractivity contribution is 0.113. The van der Waals surface area contributed by atoms with Gasteiger partial charge in [-0.2, -0.15) is 11.8 Å². The van der Waals surface area contributed by atoms with Gasteiger partial charge in [-0.25, -0.2) is 0 Å². The maximum absolute atomic E-state index is 9.01. The highest BCUT2D eigenvalue weighted by atomic mass is 32.2. The van der Waals surface area contributed by atoms with Crippen LogP contribution in [0.5, 0.6) is 0 Å². The Bertz CT molecular complexity index is 113. The fourth-order valence-corrected chi connectivity index (χ4v) is 2.12. The molecular formula is C8H17NO2S. The fraction of sp³-hybridized carbons (Fsp3) is 1.00. The first-order chi connectivity index (χ1) is 5.83. The first-order valence-electron chi connectivity index (χ1n) is 4.40. The van der Waals surface area contributed by atoms with Gasteiger partial charge in [0.2, 0.25) is 0 Å². The van der Waals surface area contributed by atoms with Crippen LogP contribution in [0.1, 0.15) is 6.42 Å². The van der Waals surface area contributed by atoms with Gasteiger partial charge < -0.3 is 15.5 Å². The van der Waals surface area contributed by atoms with E-state index in [2.05, 4.69) is 5.32 Å². The van der Waals surface area contributed by atoms with E-state index in [1.54, 1.807) is 11.8 Å². The molecule has 1 atom stereocenters. The van der Waals surface area contributed by atoms with E-state index in [0.29, 0.717) is 5.75 Å². The Kier molecular flexibility index (Phi) is 4.99. The third kappa shape index (κ3) is 3.76. The molecule has 1 fully saturated rings. The molecule has 72 valence electrons. The zero-order chi connectivity index (χ0) is 8.81. The van der Waals surface area contributed by atoms with Crippen molar-refractivity contribution in [1.82, 2.24) is 5.32 Å². The Labute approximate surface area is 77.5 Å². The van der Waals surface area contributed by atoms with Gasteiger partial charge in [0.15, 0.2) is 0 Å². The molecule has 0 amide bonds. The lowest BCUT2D eigenvalue weighted by Crippen LogP contribution is -2.42. The van der Waals surface area contributed by atoms with Gasteiger partial charge in [0, 0.05) is 5.75 Å². The van der Waals surface area contributed by atoms with E-state index in [0.717, 1.165) is 24.8 Å². The molecule has 0 radical (unpaired) electrons. The minimum Gasteiger partial charge on any atom is -0.394 e. The highest BCUT2D eigenvalue weighted by molar-refractivity contribution is 7.99. The second-order valence-electron chi connectivity index (χ2n) is 3.22. The lowest BCUT2D eigenvalue weighted by atomic mass is 10.0. The van der Waals surface area contributed by atoms with Gasteiger partial charge in [-0.1, -0.05) is 0 Å². The summed E-state index contributed by atoms with van der Waals surface area (Å²) in [4.78, 5) is 0. The number of nitrogens with one attached hydrogen (secondary N) is 1. The number of aliphatic hydroxyl groups is 2. The van der Waals surface area contributed by atoms with Gasteiger partial charge in [0.1, 0.15) is 0 Å². The number of rotatable bonds is 6. The van der Waals surface area contributed by atoms with Crippen molar-refractivity contribution in [2.75, 3.05) is 31.2 Å². The fourth-order valence-electron chi connectivity index (χ4n) is 1.07. The molecule has 1 saturated heterocycles. The highest BCUT2D eigenvalue weighted by Crippen LogP contribution is 2.13. The summed E-state index contributed by atoms with van der Waals surface area (Å²) in [7, 11) is 0. The second kappa shape index (κ2) is 5.80. The minimum atomic E-state index is -0.533. The predicted octanol–water partition coefficient (Wildman–Crippen LogP) is -0.318. The molecule has 0 saturated carbocycles. The summed E-state index contributed by atoms with van der Waals surface area (Å²) in [5.41, 5.74) is 0. The first-order valence-corrected chi connectivity index (χ1v) is 5.55. The van der Waals surface area contributed by atoms with E-state index in [4.69, 9.17) is 10.2 Å². The monoisotopic (exact) mass is 191 g/mol. The summed E-state index contributed by atoms with van der Waals surface area (Å²) in [6.45, 7) is 2.20. The molecule has 4 heteroatoms. The minimum absolute atomic E-state index is 0.113. The third-order valence-electron chi connectivity index (χ3n) is 2.06. The largest absolute Gasteiger partial charge is 0.394 e.